The molecule has 0 radical (unpaired) electrons. The molecular weight excluding hydrogens is 853 g/mol. The van der Waals surface area contributed by atoms with E-state index in [0.29, 0.717) is 0 Å². The predicted molar refractivity (Wildman–Crippen MR) is 293 cm³/mol. The van der Waals surface area contributed by atoms with E-state index in [2.05, 4.69) is 194 Å². The van der Waals surface area contributed by atoms with Crippen LogP contribution in [-0.2, 0) is 5.41 Å². The molecule has 0 N–H and O–H groups in total. The fraction of sp³-hybridized carbons (Fsp3) is 0.0606. The van der Waals surface area contributed by atoms with Gasteiger partial charge in [0, 0.05) is 16.8 Å². The lowest BCUT2D eigenvalue weighted by Crippen LogP contribution is -2.23. The van der Waals surface area contributed by atoms with Crippen molar-refractivity contribution in [1.29, 1.82) is 0 Å². The van der Waals surface area contributed by atoms with Gasteiger partial charge in [0.25, 0.3) is 0 Å². The van der Waals surface area contributed by atoms with Crippen molar-refractivity contribution in [1.82, 2.24) is 0 Å². The zero-order chi connectivity index (χ0) is 47.1. The molecule has 334 valence electrons. The standard InChI is InChI=1S/C66H48N2O2/c1-5-13-62-58(6-2)67(59-14-7-10-17-63(59)69-62)50-30-34-53-49(40-50)28-27-48-39-47(29-33-52(48)53)46-26-25-44-36-42(22-24-45(44)38-46)20-21-43-23-32-54-55-35-31-51(41-57(55)66(3,4)56(54)37-43)68-60-15-8-11-18-64(60)70-65-19-12-9-16-61(65)68/h5-41H,2H2,1,3-4H3. The second-order valence-corrected chi connectivity index (χ2v) is 19.0. The van der Waals surface area contributed by atoms with Crippen molar-refractivity contribution in [3.05, 3.63) is 253 Å². The molecule has 0 fully saturated rings. The molecule has 0 spiro atoms. The van der Waals surface area contributed by atoms with Gasteiger partial charge in [0.2, 0.25) is 0 Å². The first-order valence-electron chi connectivity index (χ1n) is 24.0. The largest absolute Gasteiger partial charge is 0.453 e. The van der Waals surface area contributed by atoms with E-state index in [-0.39, 0.29) is 5.41 Å². The van der Waals surface area contributed by atoms with Crippen LogP contribution in [0.1, 0.15) is 43.0 Å². The van der Waals surface area contributed by atoms with Crippen molar-refractivity contribution in [2.75, 3.05) is 9.80 Å². The van der Waals surface area contributed by atoms with E-state index in [1.54, 1.807) is 0 Å². The minimum Gasteiger partial charge on any atom is -0.453 e. The molecule has 2 heterocycles. The van der Waals surface area contributed by atoms with Gasteiger partial charge in [-0.2, -0.15) is 0 Å². The molecule has 13 rings (SSSR count). The lowest BCUT2D eigenvalue weighted by molar-refractivity contribution is 0.431. The molecule has 4 nitrogen and oxygen atoms in total. The van der Waals surface area contributed by atoms with E-state index in [0.717, 1.165) is 57.1 Å². The van der Waals surface area contributed by atoms with Crippen LogP contribution in [0.4, 0.5) is 28.4 Å². The van der Waals surface area contributed by atoms with Crippen LogP contribution >= 0.6 is 0 Å². The lowest BCUT2D eigenvalue weighted by atomic mass is 9.81. The van der Waals surface area contributed by atoms with Crippen molar-refractivity contribution in [2.24, 2.45) is 0 Å². The van der Waals surface area contributed by atoms with Crippen LogP contribution in [0.25, 0.3) is 66.7 Å². The molecule has 70 heavy (non-hydrogen) atoms. The van der Waals surface area contributed by atoms with Crippen LogP contribution in [0.3, 0.4) is 0 Å². The maximum absolute atomic E-state index is 6.32. The molecule has 1 aliphatic carbocycles. The summed E-state index contributed by atoms with van der Waals surface area (Å²) in [5.74, 6) is 3.31. The summed E-state index contributed by atoms with van der Waals surface area (Å²) in [5.41, 5.74) is 16.0. The van der Waals surface area contributed by atoms with Gasteiger partial charge in [-0.05, 0) is 175 Å². The van der Waals surface area contributed by atoms with Crippen LogP contribution in [-0.4, -0.2) is 0 Å². The number of para-hydroxylation sites is 6. The molecular formula is C66H48N2O2. The minimum absolute atomic E-state index is 0.179. The smallest absolute Gasteiger partial charge is 0.151 e. The Hall–Kier alpha value is -8.86. The summed E-state index contributed by atoms with van der Waals surface area (Å²) >= 11 is 0. The number of nitrogens with zero attached hydrogens (tertiary/aromatic N) is 2. The van der Waals surface area contributed by atoms with Gasteiger partial charge >= 0.3 is 0 Å². The van der Waals surface area contributed by atoms with Gasteiger partial charge in [0.05, 0.1) is 22.8 Å². The highest BCUT2D eigenvalue weighted by atomic mass is 16.5. The molecule has 10 aromatic rings. The Balaban J connectivity index is 0.751. The lowest BCUT2D eigenvalue weighted by Gasteiger charge is -2.33. The van der Waals surface area contributed by atoms with E-state index in [4.69, 9.17) is 9.47 Å². The van der Waals surface area contributed by atoms with Crippen LogP contribution in [0.2, 0.25) is 0 Å². The first-order valence-corrected chi connectivity index (χ1v) is 24.0. The highest BCUT2D eigenvalue weighted by Crippen LogP contribution is 2.54. The highest BCUT2D eigenvalue weighted by molar-refractivity contribution is 6.10. The molecule has 2 aliphatic heterocycles. The number of anilines is 5. The Bertz CT molecular complexity index is 3880. The van der Waals surface area contributed by atoms with Crippen molar-refractivity contribution >= 4 is 72.9 Å². The van der Waals surface area contributed by atoms with E-state index in [1.165, 1.54) is 76.8 Å². The second kappa shape index (κ2) is 16.1. The summed E-state index contributed by atoms with van der Waals surface area (Å²) in [4.78, 5) is 4.57. The molecule has 0 amide bonds. The fourth-order valence-corrected chi connectivity index (χ4v) is 11.0. The molecule has 0 bridgehead atoms. The normalized spacial score (nSPS) is 14.4. The maximum Gasteiger partial charge on any atom is 0.151 e. The van der Waals surface area contributed by atoms with Gasteiger partial charge in [-0.25, -0.2) is 0 Å². The summed E-state index contributed by atoms with van der Waals surface area (Å²) in [6.45, 7) is 10.9. The van der Waals surface area contributed by atoms with Gasteiger partial charge in [-0.3, -0.25) is 0 Å². The first kappa shape index (κ1) is 41.3. The number of ether oxygens (including phenoxy) is 2. The molecule has 10 aromatic carbocycles. The predicted octanol–water partition coefficient (Wildman–Crippen LogP) is 18.4. The summed E-state index contributed by atoms with van der Waals surface area (Å²) in [6, 6.07) is 70.2. The van der Waals surface area contributed by atoms with Crippen LogP contribution in [0.5, 0.6) is 17.2 Å². The topological polar surface area (TPSA) is 24.9 Å². The minimum atomic E-state index is -0.179. The number of fused-ring (bicyclic) bond motifs is 10. The van der Waals surface area contributed by atoms with Gasteiger partial charge in [-0.1, -0.05) is 154 Å². The Morgan fingerprint density at radius 3 is 1.64 bits per heavy atom. The summed E-state index contributed by atoms with van der Waals surface area (Å²) < 4.78 is 12.6. The van der Waals surface area contributed by atoms with Crippen molar-refractivity contribution in [2.45, 2.75) is 26.2 Å². The Morgan fingerprint density at radius 2 is 0.943 bits per heavy atom. The van der Waals surface area contributed by atoms with Crippen LogP contribution in [0, 0.1) is 0 Å². The van der Waals surface area contributed by atoms with E-state index in [9.17, 15) is 0 Å². The monoisotopic (exact) mass is 900 g/mol. The Morgan fingerprint density at radius 1 is 0.443 bits per heavy atom. The van der Waals surface area contributed by atoms with E-state index >= 15 is 0 Å². The molecule has 3 aliphatic rings. The molecule has 0 aromatic heterocycles. The summed E-state index contributed by atoms with van der Waals surface area (Å²) in [7, 11) is 0. The van der Waals surface area contributed by atoms with Crippen LogP contribution < -0.4 is 19.3 Å². The average Bonchev–Trinajstić information content (AvgIpc) is 3.62. The maximum atomic E-state index is 6.32. The third kappa shape index (κ3) is 6.67. The number of allylic oxidation sites excluding steroid dienone is 3. The Kier molecular flexibility index (Phi) is 9.53. The van der Waals surface area contributed by atoms with Gasteiger partial charge in [-0.15, -0.1) is 0 Å². The molecule has 0 unspecified atom stereocenters. The van der Waals surface area contributed by atoms with E-state index < -0.39 is 0 Å². The SMILES string of the molecule is C=CC1=C(C=CC)Oc2ccccc2N1c1ccc2c(ccc3cc(-c4ccc5cc(C=Cc6ccc7c(c6)C(C)(C)c6cc(N8c9ccccc9Oc9ccccc98)ccc6-7)ccc5c4)ccc32)c1. The zero-order valence-corrected chi connectivity index (χ0v) is 39.3. The average molecular weight is 901 g/mol. The third-order valence-electron chi connectivity index (χ3n) is 14.4. The third-order valence-corrected chi connectivity index (χ3v) is 14.4. The molecule has 0 saturated carbocycles. The molecule has 4 heteroatoms. The zero-order valence-electron chi connectivity index (χ0n) is 39.3. The van der Waals surface area contributed by atoms with Crippen LogP contribution in [0.15, 0.2) is 230 Å². The fourth-order valence-electron chi connectivity index (χ4n) is 11.0. The van der Waals surface area contributed by atoms with Crippen molar-refractivity contribution in [3.63, 3.8) is 0 Å². The van der Waals surface area contributed by atoms with Gasteiger partial charge in [0.15, 0.2) is 23.0 Å². The molecule has 0 saturated heterocycles. The number of hydrogen-bond donors (Lipinski definition) is 0. The van der Waals surface area contributed by atoms with E-state index in [1.807, 2.05) is 67.6 Å². The van der Waals surface area contributed by atoms with Gasteiger partial charge < -0.3 is 19.3 Å². The quantitative estimate of drug-likeness (QED) is 0.118. The number of benzene rings is 10. The number of rotatable bonds is 7. The first-order chi connectivity index (χ1) is 34.3. The summed E-state index contributed by atoms with van der Waals surface area (Å²) in [6.07, 6.45) is 10.3. The van der Waals surface area contributed by atoms with Crippen molar-refractivity contribution < 1.29 is 9.47 Å². The summed E-state index contributed by atoms with van der Waals surface area (Å²) in [5, 5.41) is 7.28. The number of hydrogen-bond acceptors (Lipinski definition) is 4. The van der Waals surface area contributed by atoms with Gasteiger partial charge in [0.1, 0.15) is 0 Å². The molecule has 0 atom stereocenters. The Labute approximate surface area is 408 Å². The highest BCUT2D eigenvalue weighted by Gasteiger charge is 2.37. The second-order valence-electron chi connectivity index (χ2n) is 19.0. The van der Waals surface area contributed by atoms with Crippen molar-refractivity contribution in [3.8, 4) is 39.5 Å².